The van der Waals surface area contributed by atoms with Crippen molar-refractivity contribution in [2.45, 2.75) is 6.92 Å². The largest absolute Gasteiger partial charge is 0.496 e. The van der Waals surface area contributed by atoms with Crippen LogP contribution in [-0.2, 0) is 0 Å². The van der Waals surface area contributed by atoms with Crippen molar-refractivity contribution in [3.05, 3.63) is 56.5 Å². The molecule has 5 nitrogen and oxygen atoms in total. The Balaban J connectivity index is 2.37. The molecule has 0 amide bonds. The number of nitro benzene ring substituents is 1. The van der Waals surface area contributed by atoms with Crippen LogP contribution in [0.25, 0.3) is 0 Å². The van der Waals surface area contributed by atoms with Gasteiger partial charge in [0.2, 0.25) is 5.75 Å². The van der Waals surface area contributed by atoms with Gasteiger partial charge in [-0.1, -0.05) is 15.9 Å². The fourth-order valence-corrected chi connectivity index (χ4v) is 1.91. The van der Waals surface area contributed by atoms with E-state index < -0.39 is 4.92 Å². The lowest BCUT2D eigenvalue weighted by Gasteiger charge is -2.09. The third-order valence-corrected chi connectivity index (χ3v) is 3.61. The van der Waals surface area contributed by atoms with Crippen molar-refractivity contribution in [3.63, 3.8) is 0 Å². The van der Waals surface area contributed by atoms with Gasteiger partial charge in [-0.2, -0.15) is 0 Å². The van der Waals surface area contributed by atoms with Crippen LogP contribution in [0.3, 0.4) is 0 Å². The lowest BCUT2D eigenvalue weighted by Crippen LogP contribution is -1.95. The second kappa shape index (κ2) is 5.92. The highest BCUT2D eigenvalue weighted by molar-refractivity contribution is 9.10. The summed E-state index contributed by atoms with van der Waals surface area (Å²) in [6.45, 7) is 1.92. The van der Waals surface area contributed by atoms with E-state index >= 15 is 0 Å². The summed E-state index contributed by atoms with van der Waals surface area (Å²) in [4.78, 5) is 10.6. The quantitative estimate of drug-likeness (QED) is 0.610. The van der Waals surface area contributed by atoms with Crippen molar-refractivity contribution >= 4 is 21.6 Å². The highest BCUT2D eigenvalue weighted by Gasteiger charge is 2.17. The average molecular weight is 338 g/mol. The molecule has 0 fully saturated rings. The molecule has 0 atom stereocenters. The molecule has 6 heteroatoms. The summed E-state index contributed by atoms with van der Waals surface area (Å²) in [6.07, 6.45) is 0. The summed E-state index contributed by atoms with van der Waals surface area (Å²) in [5, 5.41) is 11.1. The van der Waals surface area contributed by atoms with Crippen LogP contribution >= 0.6 is 15.9 Å². The maximum atomic E-state index is 11.1. The molecule has 0 saturated heterocycles. The van der Waals surface area contributed by atoms with Gasteiger partial charge in [0.25, 0.3) is 0 Å². The molecule has 0 spiro atoms. The van der Waals surface area contributed by atoms with Gasteiger partial charge < -0.3 is 9.47 Å². The zero-order chi connectivity index (χ0) is 14.7. The molecule has 0 radical (unpaired) electrons. The van der Waals surface area contributed by atoms with Gasteiger partial charge in [0, 0.05) is 4.47 Å². The van der Waals surface area contributed by atoms with Crippen LogP contribution in [-0.4, -0.2) is 12.0 Å². The van der Waals surface area contributed by atoms with Gasteiger partial charge in [-0.3, -0.25) is 10.1 Å². The minimum absolute atomic E-state index is 0.134. The van der Waals surface area contributed by atoms with Gasteiger partial charge in [-0.25, -0.2) is 0 Å². The normalized spacial score (nSPS) is 10.2. The Labute approximate surface area is 124 Å². The maximum absolute atomic E-state index is 11.1. The van der Waals surface area contributed by atoms with E-state index in [9.17, 15) is 10.1 Å². The maximum Gasteiger partial charge on any atom is 0.315 e. The van der Waals surface area contributed by atoms with Crippen molar-refractivity contribution in [2.24, 2.45) is 0 Å². The second-order valence-electron chi connectivity index (χ2n) is 4.10. The number of hydrogen-bond donors (Lipinski definition) is 0. The van der Waals surface area contributed by atoms with Crippen LogP contribution in [0.2, 0.25) is 0 Å². The van der Waals surface area contributed by atoms with E-state index in [1.165, 1.54) is 19.2 Å². The summed E-state index contributed by atoms with van der Waals surface area (Å²) in [5.74, 6) is 1.13. The number of methoxy groups -OCH3 is 1. The predicted molar refractivity (Wildman–Crippen MR) is 78.6 cm³/mol. The monoisotopic (exact) mass is 337 g/mol. The molecule has 0 aliphatic carbocycles. The summed E-state index contributed by atoms with van der Waals surface area (Å²) < 4.78 is 11.5. The number of nitro groups is 1. The number of benzene rings is 2. The third kappa shape index (κ3) is 3.08. The first-order valence-corrected chi connectivity index (χ1v) is 6.57. The standard InChI is InChI=1S/C14H12BrNO4/c1-9-7-11(3-5-12(9)15)20-14-6-4-10(19-2)8-13(14)16(17)18/h3-8H,1-2H3. The second-order valence-corrected chi connectivity index (χ2v) is 4.96. The van der Waals surface area contributed by atoms with E-state index in [-0.39, 0.29) is 11.4 Å². The highest BCUT2D eigenvalue weighted by atomic mass is 79.9. The third-order valence-electron chi connectivity index (χ3n) is 2.72. The molecule has 0 saturated carbocycles. The van der Waals surface area contributed by atoms with Gasteiger partial charge in [-0.15, -0.1) is 0 Å². The van der Waals surface area contributed by atoms with E-state index in [1.807, 2.05) is 13.0 Å². The molecule has 20 heavy (non-hydrogen) atoms. The van der Waals surface area contributed by atoms with Crippen molar-refractivity contribution < 1.29 is 14.4 Å². The lowest BCUT2D eigenvalue weighted by molar-refractivity contribution is -0.385. The molecule has 0 bridgehead atoms. The molecular formula is C14H12BrNO4. The molecule has 2 aromatic carbocycles. The Hall–Kier alpha value is -2.08. The number of hydrogen-bond acceptors (Lipinski definition) is 4. The number of aryl methyl sites for hydroxylation is 1. The van der Waals surface area contributed by atoms with E-state index in [4.69, 9.17) is 9.47 Å². The van der Waals surface area contributed by atoms with E-state index in [0.29, 0.717) is 11.5 Å². The summed E-state index contributed by atoms with van der Waals surface area (Å²) in [6, 6.07) is 9.85. The summed E-state index contributed by atoms with van der Waals surface area (Å²) in [5.41, 5.74) is 0.851. The lowest BCUT2D eigenvalue weighted by atomic mass is 10.2. The van der Waals surface area contributed by atoms with Crippen molar-refractivity contribution in [2.75, 3.05) is 7.11 Å². The SMILES string of the molecule is COc1ccc(Oc2ccc(Br)c(C)c2)c([N+](=O)[O-])c1. The number of ether oxygens (including phenoxy) is 2. The predicted octanol–water partition coefficient (Wildman–Crippen LogP) is 4.47. The van der Waals surface area contributed by atoms with Crippen LogP contribution in [0, 0.1) is 17.0 Å². The Morgan fingerprint density at radius 1 is 1.15 bits per heavy atom. The molecule has 0 aliphatic heterocycles. The fraction of sp³-hybridized carbons (Fsp3) is 0.143. The summed E-state index contributed by atoms with van der Waals surface area (Å²) in [7, 11) is 1.46. The molecule has 0 aliphatic rings. The zero-order valence-corrected chi connectivity index (χ0v) is 12.5. The topological polar surface area (TPSA) is 61.6 Å². The van der Waals surface area contributed by atoms with E-state index in [0.717, 1.165) is 10.0 Å². The van der Waals surface area contributed by atoms with Crippen LogP contribution in [0.1, 0.15) is 5.56 Å². The van der Waals surface area contributed by atoms with Crippen LogP contribution in [0.15, 0.2) is 40.9 Å². The van der Waals surface area contributed by atoms with Crippen molar-refractivity contribution in [1.82, 2.24) is 0 Å². The van der Waals surface area contributed by atoms with Gasteiger partial charge in [-0.05, 0) is 42.8 Å². The molecule has 0 heterocycles. The van der Waals surface area contributed by atoms with Gasteiger partial charge >= 0.3 is 5.69 Å². The Bertz CT molecular complexity index is 658. The first-order chi connectivity index (χ1) is 9.51. The highest BCUT2D eigenvalue weighted by Crippen LogP contribution is 2.35. The zero-order valence-electron chi connectivity index (χ0n) is 10.9. The molecule has 0 aromatic heterocycles. The van der Waals surface area contributed by atoms with E-state index in [2.05, 4.69) is 15.9 Å². The Morgan fingerprint density at radius 3 is 2.45 bits per heavy atom. The molecule has 0 N–H and O–H groups in total. The molecule has 2 aromatic rings. The number of rotatable bonds is 4. The van der Waals surface area contributed by atoms with Crippen LogP contribution in [0.5, 0.6) is 17.2 Å². The number of halogens is 1. The number of nitrogens with zero attached hydrogens (tertiary/aromatic N) is 1. The molecular weight excluding hydrogens is 326 g/mol. The van der Waals surface area contributed by atoms with Crippen molar-refractivity contribution in [3.8, 4) is 17.2 Å². The van der Waals surface area contributed by atoms with Gasteiger partial charge in [0.1, 0.15) is 11.5 Å². The van der Waals surface area contributed by atoms with E-state index in [1.54, 1.807) is 18.2 Å². The van der Waals surface area contributed by atoms with Crippen LogP contribution in [0.4, 0.5) is 5.69 Å². The Morgan fingerprint density at radius 2 is 1.85 bits per heavy atom. The molecule has 104 valence electrons. The first-order valence-electron chi connectivity index (χ1n) is 5.77. The minimum Gasteiger partial charge on any atom is -0.496 e. The fourth-order valence-electron chi connectivity index (χ4n) is 1.66. The Kier molecular flexibility index (Phi) is 4.24. The average Bonchev–Trinajstić information content (AvgIpc) is 2.43. The van der Waals surface area contributed by atoms with Gasteiger partial charge in [0.05, 0.1) is 18.1 Å². The van der Waals surface area contributed by atoms with Crippen LogP contribution < -0.4 is 9.47 Å². The minimum atomic E-state index is -0.496. The smallest absolute Gasteiger partial charge is 0.315 e. The molecule has 0 unspecified atom stereocenters. The summed E-state index contributed by atoms with van der Waals surface area (Å²) >= 11 is 3.39. The molecule has 2 rings (SSSR count). The van der Waals surface area contributed by atoms with Crippen molar-refractivity contribution in [1.29, 1.82) is 0 Å². The van der Waals surface area contributed by atoms with Gasteiger partial charge in [0.15, 0.2) is 0 Å². The first kappa shape index (κ1) is 14.3.